The Morgan fingerprint density at radius 1 is 1.10 bits per heavy atom. The SMILES string of the molecule is CCCNC(c1ccc(Br)c(F)c1)c1cccc(Br)c1F. The van der Waals surface area contributed by atoms with E-state index in [9.17, 15) is 8.78 Å². The zero-order valence-electron chi connectivity index (χ0n) is 11.5. The summed E-state index contributed by atoms with van der Waals surface area (Å²) in [7, 11) is 0. The summed E-state index contributed by atoms with van der Waals surface area (Å²) < 4.78 is 28.9. The fourth-order valence-corrected chi connectivity index (χ4v) is 2.76. The van der Waals surface area contributed by atoms with Crippen LogP contribution >= 0.6 is 31.9 Å². The lowest BCUT2D eigenvalue weighted by atomic mass is 9.98. The molecule has 1 unspecified atom stereocenters. The van der Waals surface area contributed by atoms with Crippen LogP contribution in [0.1, 0.15) is 30.5 Å². The molecule has 0 aliphatic rings. The van der Waals surface area contributed by atoms with E-state index in [1.807, 2.05) is 6.92 Å². The van der Waals surface area contributed by atoms with Crippen molar-refractivity contribution < 1.29 is 8.78 Å². The van der Waals surface area contributed by atoms with E-state index in [1.165, 1.54) is 6.07 Å². The minimum Gasteiger partial charge on any atom is -0.306 e. The van der Waals surface area contributed by atoms with E-state index in [-0.39, 0.29) is 17.7 Å². The predicted molar refractivity (Wildman–Crippen MR) is 88.3 cm³/mol. The number of hydrogen-bond acceptors (Lipinski definition) is 1. The Labute approximate surface area is 140 Å². The van der Waals surface area contributed by atoms with Gasteiger partial charge in [0.15, 0.2) is 0 Å². The van der Waals surface area contributed by atoms with E-state index >= 15 is 0 Å². The van der Waals surface area contributed by atoms with Gasteiger partial charge in [-0.1, -0.05) is 25.1 Å². The van der Waals surface area contributed by atoms with Gasteiger partial charge in [0, 0.05) is 5.56 Å². The molecule has 0 amide bonds. The molecule has 5 heteroatoms. The molecule has 0 saturated carbocycles. The van der Waals surface area contributed by atoms with Gasteiger partial charge >= 0.3 is 0 Å². The molecular weight excluding hydrogens is 404 g/mol. The van der Waals surface area contributed by atoms with Crippen molar-refractivity contribution in [3.05, 3.63) is 68.1 Å². The molecule has 21 heavy (non-hydrogen) atoms. The van der Waals surface area contributed by atoms with Crippen molar-refractivity contribution in [1.29, 1.82) is 0 Å². The third-order valence-corrected chi connectivity index (χ3v) is 4.42. The summed E-state index contributed by atoms with van der Waals surface area (Å²) in [4.78, 5) is 0. The van der Waals surface area contributed by atoms with E-state index < -0.39 is 0 Å². The van der Waals surface area contributed by atoms with Crippen molar-refractivity contribution >= 4 is 31.9 Å². The van der Waals surface area contributed by atoms with Gasteiger partial charge in [-0.15, -0.1) is 0 Å². The zero-order valence-corrected chi connectivity index (χ0v) is 14.6. The van der Waals surface area contributed by atoms with Crippen LogP contribution in [0.5, 0.6) is 0 Å². The average Bonchev–Trinajstić information content (AvgIpc) is 2.47. The van der Waals surface area contributed by atoms with Crippen molar-refractivity contribution in [3.8, 4) is 0 Å². The highest BCUT2D eigenvalue weighted by atomic mass is 79.9. The van der Waals surface area contributed by atoms with Crippen molar-refractivity contribution in [2.45, 2.75) is 19.4 Å². The van der Waals surface area contributed by atoms with Crippen LogP contribution in [0, 0.1) is 11.6 Å². The second kappa shape index (κ2) is 7.47. The van der Waals surface area contributed by atoms with Gasteiger partial charge in [0.2, 0.25) is 0 Å². The highest BCUT2D eigenvalue weighted by Gasteiger charge is 2.19. The van der Waals surface area contributed by atoms with Gasteiger partial charge in [-0.2, -0.15) is 0 Å². The minimum atomic E-state index is -0.384. The number of nitrogens with one attached hydrogen (secondary N) is 1. The normalized spacial score (nSPS) is 12.4. The van der Waals surface area contributed by atoms with Gasteiger partial charge in [-0.05, 0) is 68.6 Å². The molecule has 0 aliphatic heterocycles. The molecule has 1 atom stereocenters. The summed E-state index contributed by atoms with van der Waals surface area (Å²) in [6.45, 7) is 2.75. The van der Waals surface area contributed by atoms with Crippen LogP contribution in [0.15, 0.2) is 45.3 Å². The molecular formula is C16H15Br2F2N. The van der Waals surface area contributed by atoms with E-state index in [2.05, 4.69) is 37.2 Å². The lowest BCUT2D eigenvalue weighted by Crippen LogP contribution is -2.24. The minimum absolute atomic E-state index is 0.325. The maximum absolute atomic E-state index is 14.4. The van der Waals surface area contributed by atoms with Crippen LogP contribution in [0.3, 0.4) is 0 Å². The van der Waals surface area contributed by atoms with Crippen molar-refractivity contribution in [3.63, 3.8) is 0 Å². The first-order valence-electron chi connectivity index (χ1n) is 6.66. The second-order valence-electron chi connectivity index (χ2n) is 4.70. The molecule has 0 heterocycles. The van der Waals surface area contributed by atoms with Crippen molar-refractivity contribution in [1.82, 2.24) is 5.32 Å². The molecule has 0 spiro atoms. The fraction of sp³-hybridized carbons (Fsp3) is 0.250. The highest BCUT2D eigenvalue weighted by molar-refractivity contribution is 9.10. The molecule has 0 radical (unpaired) electrons. The first kappa shape index (κ1) is 16.6. The van der Waals surface area contributed by atoms with Crippen LogP contribution in [0.2, 0.25) is 0 Å². The summed E-state index contributed by atoms with van der Waals surface area (Å²) in [5.41, 5.74) is 1.20. The molecule has 2 aromatic carbocycles. The van der Waals surface area contributed by atoms with Gasteiger partial charge in [-0.3, -0.25) is 0 Å². The largest absolute Gasteiger partial charge is 0.306 e. The molecule has 2 rings (SSSR count). The van der Waals surface area contributed by atoms with Crippen molar-refractivity contribution in [2.75, 3.05) is 6.54 Å². The summed E-state index contributed by atoms with van der Waals surface area (Å²) in [6, 6.07) is 9.62. The Bertz CT molecular complexity index is 632. The van der Waals surface area contributed by atoms with Gasteiger partial charge in [0.05, 0.1) is 15.0 Å². The smallest absolute Gasteiger partial charge is 0.142 e. The summed E-state index contributed by atoms with van der Waals surface area (Å²) in [5, 5.41) is 3.27. The fourth-order valence-electron chi connectivity index (χ4n) is 2.13. The van der Waals surface area contributed by atoms with Gasteiger partial charge in [0.25, 0.3) is 0 Å². The van der Waals surface area contributed by atoms with Crippen LogP contribution in [0.25, 0.3) is 0 Å². The van der Waals surface area contributed by atoms with E-state index in [0.717, 1.165) is 6.42 Å². The summed E-state index contributed by atoms with van der Waals surface area (Å²) in [6.07, 6.45) is 0.908. The predicted octanol–water partition coefficient (Wildman–Crippen LogP) is 5.58. The third kappa shape index (κ3) is 3.90. The quantitative estimate of drug-likeness (QED) is 0.668. The molecule has 0 saturated heterocycles. The second-order valence-corrected chi connectivity index (χ2v) is 6.41. The first-order valence-corrected chi connectivity index (χ1v) is 8.25. The van der Waals surface area contributed by atoms with Gasteiger partial charge in [0.1, 0.15) is 11.6 Å². The van der Waals surface area contributed by atoms with Crippen LogP contribution < -0.4 is 5.32 Å². The Morgan fingerprint density at radius 3 is 2.52 bits per heavy atom. The number of halogens is 4. The number of hydrogen-bond donors (Lipinski definition) is 1. The Balaban J connectivity index is 2.47. The van der Waals surface area contributed by atoms with Crippen LogP contribution in [-0.4, -0.2) is 6.54 Å². The lowest BCUT2D eigenvalue weighted by molar-refractivity contribution is 0.539. The standard InChI is InChI=1S/C16H15Br2F2N/c1-2-8-21-16(10-6-7-12(17)14(19)9-10)11-4-3-5-13(18)15(11)20/h3-7,9,16,21H,2,8H2,1H3. The summed E-state index contributed by atoms with van der Waals surface area (Å²) >= 11 is 6.33. The van der Waals surface area contributed by atoms with E-state index in [4.69, 9.17) is 0 Å². The lowest BCUT2D eigenvalue weighted by Gasteiger charge is -2.21. The maximum Gasteiger partial charge on any atom is 0.142 e. The summed E-state index contributed by atoms with van der Waals surface area (Å²) in [5.74, 6) is -0.680. The monoisotopic (exact) mass is 417 g/mol. The Kier molecular flexibility index (Phi) is 5.90. The highest BCUT2D eigenvalue weighted by Crippen LogP contribution is 2.30. The molecule has 2 aromatic rings. The first-order chi connectivity index (χ1) is 10.0. The number of benzene rings is 2. The molecule has 0 bridgehead atoms. The van der Waals surface area contributed by atoms with E-state index in [0.29, 0.717) is 26.6 Å². The number of rotatable bonds is 5. The zero-order chi connectivity index (χ0) is 15.4. The Morgan fingerprint density at radius 2 is 1.86 bits per heavy atom. The van der Waals surface area contributed by atoms with Crippen molar-refractivity contribution in [2.24, 2.45) is 0 Å². The third-order valence-electron chi connectivity index (χ3n) is 3.17. The molecule has 0 fully saturated rings. The molecule has 112 valence electrons. The molecule has 1 nitrogen and oxygen atoms in total. The molecule has 0 aromatic heterocycles. The topological polar surface area (TPSA) is 12.0 Å². The average molecular weight is 419 g/mol. The van der Waals surface area contributed by atoms with Gasteiger partial charge < -0.3 is 5.32 Å². The Hall–Kier alpha value is -0.780. The van der Waals surface area contributed by atoms with Crippen LogP contribution in [0.4, 0.5) is 8.78 Å². The molecule has 0 aliphatic carbocycles. The van der Waals surface area contributed by atoms with Gasteiger partial charge in [-0.25, -0.2) is 8.78 Å². The maximum atomic E-state index is 14.4. The van der Waals surface area contributed by atoms with Crippen LogP contribution in [-0.2, 0) is 0 Å². The van der Waals surface area contributed by atoms with E-state index in [1.54, 1.807) is 30.3 Å². The molecule has 1 N–H and O–H groups in total.